The van der Waals surface area contributed by atoms with Gasteiger partial charge in [0.1, 0.15) is 0 Å². The monoisotopic (exact) mass is 302 g/mol. The molecule has 1 aromatic rings. The second kappa shape index (κ2) is 6.10. The van der Waals surface area contributed by atoms with E-state index < -0.39 is 16.3 Å². The molecule has 110 valence electrons. The maximum Gasteiger partial charge on any atom is 0.422 e. The van der Waals surface area contributed by atoms with Crippen LogP contribution in [-0.2, 0) is 14.9 Å². The maximum absolute atomic E-state index is 11.8. The number of anilines is 1. The van der Waals surface area contributed by atoms with Crippen molar-refractivity contribution < 1.29 is 23.2 Å². The molecule has 0 aliphatic carbocycles. The third-order valence-corrected chi connectivity index (χ3v) is 3.75. The predicted octanol–water partition coefficient (Wildman–Crippen LogP) is -0.182. The Morgan fingerprint density at radius 3 is 2.40 bits per heavy atom. The van der Waals surface area contributed by atoms with Crippen LogP contribution in [0.15, 0.2) is 29.4 Å². The van der Waals surface area contributed by atoms with E-state index in [4.69, 9.17) is 10.9 Å². The molecule has 9 nitrogen and oxygen atoms in total. The molecule has 10 heteroatoms. The molecule has 20 heavy (non-hydrogen) atoms. The molecule has 0 saturated heterocycles. The van der Waals surface area contributed by atoms with Crippen molar-refractivity contribution in [1.82, 2.24) is 4.72 Å². The zero-order valence-corrected chi connectivity index (χ0v) is 11.6. The normalized spacial score (nSPS) is 11.8. The molecule has 0 aliphatic rings. The van der Waals surface area contributed by atoms with Gasteiger partial charge in [0.15, 0.2) is 5.84 Å². The summed E-state index contributed by atoms with van der Waals surface area (Å²) in [6.07, 6.45) is -1.09. The number of nitrogens with one attached hydrogen (secondary N) is 1. The van der Waals surface area contributed by atoms with Gasteiger partial charge in [0.2, 0.25) is 0 Å². The lowest BCUT2D eigenvalue weighted by atomic mass is 10.2. The van der Waals surface area contributed by atoms with Crippen LogP contribution in [0.3, 0.4) is 0 Å². The SMILES string of the molecule is COC(=O)NS(=O)(=O)N(C)c1ccc(/C(N)=N/O)cc1. The van der Waals surface area contributed by atoms with Crippen LogP contribution in [0.2, 0.25) is 0 Å². The highest BCUT2D eigenvalue weighted by Crippen LogP contribution is 2.16. The molecule has 1 aromatic carbocycles. The number of hydrogen-bond acceptors (Lipinski definition) is 6. The van der Waals surface area contributed by atoms with Gasteiger partial charge in [0.05, 0.1) is 12.8 Å². The molecule has 1 amide bonds. The fourth-order valence-electron chi connectivity index (χ4n) is 1.25. The lowest BCUT2D eigenvalue weighted by Crippen LogP contribution is -2.41. The molecule has 0 heterocycles. The Bertz CT molecular complexity index is 611. The van der Waals surface area contributed by atoms with Crippen LogP contribution in [0.1, 0.15) is 5.56 Å². The van der Waals surface area contributed by atoms with E-state index in [-0.39, 0.29) is 11.5 Å². The van der Waals surface area contributed by atoms with Gasteiger partial charge in [-0.25, -0.2) is 9.52 Å². The average molecular weight is 302 g/mol. The zero-order chi connectivity index (χ0) is 15.3. The Labute approximate surface area is 115 Å². The topological polar surface area (TPSA) is 134 Å². The van der Waals surface area contributed by atoms with Crippen molar-refractivity contribution in [1.29, 1.82) is 0 Å². The van der Waals surface area contributed by atoms with Crippen LogP contribution >= 0.6 is 0 Å². The van der Waals surface area contributed by atoms with Crippen molar-refractivity contribution in [3.63, 3.8) is 0 Å². The van der Waals surface area contributed by atoms with E-state index in [0.717, 1.165) is 11.4 Å². The standard InChI is InChI=1S/C10H14N4O5S/c1-14(20(17,18)13-10(15)19-2)8-5-3-7(4-6-8)9(11)12-16/h3-6,16H,1-2H3,(H2,11,12)(H,13,15). The molecule has 0 bridgehead atoms. The van der Waals surface area contributed by atoms with Crippen molar-refractivity contribution >= 4 is 27.8 Å². The van der Waals surface area contributed by atoms with E-state index in [1.807, 2.05) is 0 Å². The predicted molar refractivity (Wildman–Crippen MR) is 71.8 cm³/mol. The number of carbonyl (C=O) groups excluding carboxylic acids is 1. The quantitative estimate of drug-likeness (QED) is 0.305. The van der Waals surface area contributed by atoms with Gasteiger partial charge in [-0.05, 0) is 24.3 Å². The molecule has 0 spiro atoms. The first-order chi connectivity index (χ1) is 9.31. The number of nitrogens with zero attached hydrogens (tertiary/aromatic N) is 2. The summed E-state index contributed by atoms with van der Waals surface area (Å²) in [5.41, 5.74) is 6.08. The van der Waals surface area contributed by atoms with E-state index in [2.05, 4.69) is 9.89 Å². The van der Waals surface area contributed by atoms with Crippen LogP contribution in [0.5, 0.6) is 0 Å². The number of amides is 1. The van der Waals surface area contributed by atoms with Gasteiger partial charge in [0, 0.05) is 12.6 Å². The van der Waals surface area contributed by atoms with Crippen molar-refractivity contribution in [2.24, 2.45) is 10.9 Å². The van der Waals surface area contributed by atoms with Crippen LogP contribution < -0.4 is 14.8 Å². The average Bonchev–Trinajstić information content (AvgIpc) is 2.45. The lowest BCUT2D eigenvalue weighted by molar-refractivity contribution is 0.177. The van der Waals surface area contributed by atoms with E-state index in [1.165, 1.54) is 31.3 Å². The summed E-state index contributed by atoms with van der Waals surface area (Å²) in [6, 6.07) is 5.80. The highest BCUT2D eigenvalue weighted by molar-refractivity contribution is 7.91. The molecular formula is C10H14N4O5S. The molecule has 0 radical (unpaired) electrons. The second-order valence-corrected chi connectivity index (χ2v) is 5.30. The first kappa shape index (κ1) is 15.6. The Kier molecular flexibility index (Phi) is 4.75. The molecule has 1 rings (SSSR count). The van der Waals surface area contributed by atoms with E-state index in [9.17, 15) is 13.2 Å². The Morgan fingerprint density at radius 2 is 1.95 bits per heavy atom. The minimum absolute atomic E-state index is 0.102. The number of hydrogen-bond donors (Lipinski definition) is 3. The number of methoxy groups -OCH3 is 1. The van der Waals surface area contributed by atoms with Crippen molar-refractivity contribution in [2.45, 2.75) is 0 Å². The zero-order valence-electron chi connectivity index (χ0n) is 10.8. The number of ether oxygens (including phenoxy) is 1. The Morgan fingerprint density at radius 1 is 1.40 bits per heavy atom. The molecule has 0 aromatic heterocycles. The van der Waals surface area contributed by atoms with Gasteiger partial charge in [-0.1, -0.05) is 5.16 Å². The molecule has 4 N–H and O–H groups in total. The number of rotatable bonds is 4. The largest absolute Gasteiger partial charge is 0.452 e. The number of carbonyl (C=O) groups is 1. The fraction of sp³-hybridized carbons (Fsp3) is 0.200. The summed E-state index contributed by atoms with van der Waals surface area (Å²) >= 11 is 0. The molecular weight excluding hydrogens is 288 g/mol. The summed E-state index contributed by atoms with van der Waals surface area (Å²) in [4.78, 5) is 10.9. The van der Waals surface area contributed by atoms with E-state index in [0.29, 0.717) is 5.56 Å². The Balaban J connectivity index is 2.98. The molecule has 0 unspecified atom stereocenters. The third-order valence-electron chi connectivity index (χ3n) is 2.39. The first-order valence-electron chi connectivity index (χ1n) is 5.24. The number of oxime groups is 1. The van der Waals surface area contributed by atoms with E-state index in [1.54, 1.807) is 4.72 Å². The summed E-state index contributed by atoms with van der Waals surface area (Å²) < 4.78 is 30.4. The smallest absolute Gasteiger partial charge is 0.422 e. The van der Waals surface area contributed by atoms with Gasteiger partial charge >= 0.3 is 16.3 Å². The minimum atomic E-state index is -4.07. The number of amidine groups is 1. The number of nitrogens with two attached hydrogens (primary N) is 1. The van der Waals surface area contributed by atoms with Gasteiger partial charge in [-0.15, -0.1) is 0 Å². The summed E-state index contributed by atoms with van der Waals surface area (Å²) in [6.45, 7) is 0. The van der Waals surface area contributed by atoms with Crippen LogP contribution in [-0.4, -0.2) is 39.7 Å². The molecule has 0 aliphatic heterocycles. The van der Waals surface area contributed by atoms with E-state index >= 15 is 0 Å². The Hall–Kier alpha value is -2.49. The fourth-order valence-corrected chi connectivity index (χ4v) is 2.08. The third kappa shape index (κ3) is 3.51. The van der Waals surface area contributed by atoms with Crippen molar-refractivity contribution in [2.75, 3.05) is 18.5 Å². The van der Waals surface area contributed by atoms with Crippen LogP contribution in [0, 0.1) is 0 Å². The number of benzene rings is 1. The molecule has 0 fully saturated rings. The van der Waals surface area contributed by atoms with Crippen molar-refractivity contribution in [3.8, 4) is 0 Å². The first-order valence-corrected chi connectivity index (χ1v) is 6.68. The van der Waals surface area contributed by atoms with Crippen LogP contribution in [0.4, 0.5) is 10.5 Å². The highest BCUT2D eigenvalue weighted by Gasteiger charge is 2.21. The van der Waals surface area contributed by atoms with Gasteiger partial charge in [-0.2, -0.15) is 8.42 Å². The lowest BCUT2D eigenvalue weighted by Gasteiger charge is -2.19. The molecule has 0 atom stereocenters. The van der Waals surface area contributed by atoms with Crippen LogP contribution in [0.25, 0.3) is 0 Å². The second-order valence-electron chi connectivity index (χ2n) is 3.60. The molecule has 0 saturated carbocycles. The van der Waals surface area contributed by atoms with Gasteiger partial charge < -0.3 is 15.7 Å². The van der Waals surface area contributed by atoms with Gasteiger partial charge in [-0.3, -0.25) is 4.31 Å². The van der Waals surface area contributed by atoms with Crippen molar-refractivity contribution in [3.05, 3.63) is 29.8 Å². The minimum Gasteiger partial charge on any atom is -0.452 e. The highest BCUT2D eigenvalue weighted by atomic mass is 32.2. The maximum atomic E-state index is 11.8. The summed E-state index contributed by atoms with van der Waals surface area (Å²) in [5.74, 6) is -0.102. The van der Waals surface area contributed by atoms with Gasteiger partial charge in [0.25, 0.3) is 0 Å². The summed E-state index contributed by atoms with van der Waals surface area (Å²) in [5, 5.41) is 11.3. The summed E-state index contributed by atoms with van der Waals surface area (Å²) in [7, 11) is -1.76.